The molecule has 3 nitrogen and oxygen atoms in total. The van der Waals surface area contributed by atoms with Crippen LogP contribution in [-0.2, 0) is 25.5 Å². The summed E-state index contributed by atoms with van der Waals surface area (Å²) < 4.78 is 5.24. The van der Waals surface area contributed by atoms with Gasteiger partial charge in [-0.3, -0.25) is 0 Å². The molecule has 5 aromatic heterocycles. The number of benzene rings is 5. The van der Waals surface area contributed by atoms with Gasteiger partial charge < -0.3 is 14.4 Å². The Morgan fingerprint density at radius 2 is 1.29 bits per heavy atom. The van der Waals surface area contributed by atoms with E-state index in [0.29, 0.717) is 0 Å². The van der Waals surface area contributed by atoms with Crippen LogP contribution in [0.5, 0.6) is 0 Å². The Hall–Kier alpha value is -4.93. The average Bonchev–Trinajstić information content (AvgIpc) is 3.79. The van der Waals surface area contributed by atoms with Gasteiger partial charge in [0.15, 0.2) is 0 Å². The second kappa shape index (κ2) is 12.2. The fourth-order valence-electron chi connectivity index (χ4n) is 7.11. The third-order valence-corrected chi connectivity index (χ3v) is 10.5. The maximum absolute atomic E-state index is 4.57. The van der Waals surface area contributed by atoms with Crippen LogP contribution in [0.25, 0.3) is 80.8 Å². The molecule has 0 aliphatic heterocycles. The van der Waals surface area contributed by atoms with Gasteiger partial charge in [-0.05, 0) is 51.5 Å². The summed E-state index contributed by atoms with van der Waals surface area (Å²) in [5.41, 5.74) is 9.32. The number of rotatable bonds is 2. The molecular weight excluding hydrogens is 795 g/mol. The zero-order valence-electron chi connectivity index (χ0n) is 27.3. The van der Waals surface area contributed by atoms with E-state index in [0.717, 1.165) is 22.5 Å². The van der Waals surface area contributed by atoms with Gasteiger partial charge in [0.1, 0.15) is 0 Å². The van der Waals surface area contributed by atoms with E-state index in [4.69, 9.17) is 0 Å². The predicted octanol–water partition coefficient (Wildman–Crippen LogP) is 11.9. The summed E-state index contributed by atoms with van der Waals surface area (Å²) in [5, 5.41) is 7.89. The zero-order chi connectivity index (χ0) is 32.4. The van der Waals surface area contributed by atoms with Gasteiger partial charge in [-0.25, -0.2) is 0 Å². The van der Waals surface area contributed by atoms with E-state index in [2.05, 4.69) is 114 Å². The van der Waals surface area contributed by atoms with Crippen molar-refractivity contribution in [3.8, 4) is 22.5 Å². The molecule has 5 heteroatoms. The van der Waals surface area contributed by atoms with Crippen molar-refractivity contribution in [2.24, 2.45) is 0 Å². The minimum atomic E-state index is 0. The zero-order valence-corrected chi connectivity index (χ0v) is 30.5. The Bertz CT molecular complexity index is 2710. The summed E-state index contributed by atoms with van der Waals surface area (Å²) in [5.74, 6) is 0. The molecular formula is C44H31IrN3S-2. The van der Waals surface area contributed by atoms with E-state index in [1.54, 1.807) is 6.20 Å². The van der Waals surface area contributed by atoms with Gasteiger partial charge in [-0.1, -0.05) is 92.9 Å². The Kier molecular flexibility index (Phi) is 7.80. The van der Waals surface area contributed by atoms with Crippen molar-refractivity contribution in [3.63, 3.8) is 0 Å². The molecule has 0 N–H and O–H groups in total. The van der Waals surface area contributed by atoms with Crippen molar-refractivity contribution in [3.05, 3.63) is 151 Å². The molecule has 1 radical (unpaired) electrons. The van der Waals surface area contributed by atoms with E-state index in [1.807, 2.05) is 72.1 Å². The quantitative estimate of drug-likeness (QED) is 0.163. The van der Waals surface area contributed by atoms with E-state index in [9.17, 15) is 0 Å². The second-order valence-electron chi connectivity index (χ2n) is 13.3. The van der Waals surface area contributed by atoms with Crippen LogP contribution in [0.4, 0.5) is 0 Å². The second-order valence-corrected chi connectivity index (χ2v) is 14.3. The fraction of sp³-hybridized carbons (Fsp3) is 0.0909. The van der Waals surface area contributed by atoms with Gasteiger partial charge in [-0.15, -0.1) is 71.0 Å². The van der Waals surface area contributed by atoms with Gasteiger partial charge in [0, 0.05) is 63.4 Å². The van der Waals surface area contributed by atoms with Gasteiger partial charge in [0.05, 0.1) is 11.0 Å². The van der Waals surface area contributed by atoms with Gasteiger partial charge >= 0.3 is 0 Å². The van der Waals surface area contributed by atoms with Crippen molar-refractivity contribution in [1.82, 2.24) is 14.4 Å². The molecule has 0 amide bonds. The average molecular weight is 826 g/mol. The molecule has 0 fully saturated rings. The molecule has 5 heterocycles. The molecule has 5 aromatic carbocycles. The third kappa shape index (κ3) is 5.12. The molecule has 0 spiro atoms. The van der Waals surface area contributed by atoms with Crippen LogP contribution in [0.15, 0.2) is 134 Å². The molecule has 49 heavy (non-hydrogen) atoms. The van der Waals surface area contributed by atoms with Gasteiger partial charge in [-0.2, -0.15) is 0 Å². The first kappa shape index (κ1) is 31.3. The molecule has 0 saturated heterocycles. The molecule has 0 bridgehead atoms. The van der Waals surface area contributed by atoms with Crippen molar-refractivity contribution < 1.29 is 20.1 Å². The largest absolute Gasteiger partial charge is 0.349 e. The van der Waals surface area contributed by atoms with Crippen LogP contribution >= 0.6 is 11.3 Å². The Morgan fingerprint density at radius 1 is 0.612 bits per heavy atom. The first-order valence-electron chi connectivity index (χ1n) is 16.3. The van der Waals surface area contributed by atoms with E-state index < -0.39 is 0 Å². The predicted molar refractivity (Wildman–Crippen MR) is 203 cm³/mol. The maximum Gasteiger partial charge on any atom is 0.0547 e. The van der Waals surface area contributed by atoms with Crippen LogP contribution in [0.2, 0.25) is 0 Å². The van der Waals surface area contributed by atoms with Crippen molar-refractivity contribution >= 4 is 69.6 Å². The number of aromatic nitrogens is 3. The summed E-state index contributed by atoms with van der Waals surface area (Å²) in [6, 6.07) is 49.0. The Morgan fingerprint density at radius 3 is 1.98 bits per heavy atom. The van der Waals surface area contributed by atoms with Crippen LogP contribution in [0.1, 0.15) is 26.3 Å². The van der Waals surface area contributed by atoms with Crippen molar-refractivity contribution in [2.45, 2.75) is 26.2 Å². The van der Waals surface area contributed by atoms with Crippen LogP contribution in [0.3, 0.4) is 0 Å². The standard InChI is InChI=1S/C33H23N2S.C11H8N.Ir/c1-33(2,3)25-11-7-10-23-29-28(36-32(23)25)16-14-22-20-8-6-9-21-24-18-19(26-12-4-5-17-34-26)13-15-27(24)35(30(20)21)31(22)29;1-2-6-10(7-3-1)11-8-4-5-9-12-11;/h4-12,14-18H,1-3H3;1-6,8-9H;/q2*-1;. The molecule has 0 aliphatic rings. The summed E-state index contributed by atoms with van der Waals surface area (Å²) >= 11 is 1.93. The number of hydrogen-bond donors (Lipinski definition) is 0. The molecule has 10 rings (SSSR count). The molecule has 0 atom stereocenters. The number of para-hydroxylation sites is 1. The van der Waals surface area contributed by atoms with Crippen LogP contribution in [0, 0.1) is 12.1 Å². The Labute approximate surface area is 302 Å². The topological polar surface area (TPSA) is 30.2 Å². The molecule has 239 valence electrons. The summed E-state index contributed by atoms with van der Waals surface area (Å²) in [6.07, 6.45) is 3.63. The normalized spacial score (nSPS) is 11.8. The molecule has 10 aromatic rings. The fourth-order valence-corrected chi connectivity index (χ4v) is 8.54. The first-order chi connectivity index (χ1) is 23.5. The number of pyridine rings is 2. The van der Waals surface area contributed by atoms with Crippen LogP contribution in [-0.4, -0.2) is 14.4 Å². The van der Waals surface area contributed by atoms with Crippen LogP contribution < -0.4 is 0 Å². The maximum atomic E-state index is 4.57. The summed E-state index contributed by atoms with van der Waals surface area (Å²) in [4.78, 5) is 8.79. The number of fused-ring (bicyclic) bond motifs is 10. The number of nitrogens with zero attached hydrogens (tertiary/aromatic N) is 3. The Balaban J connectivity index is 0.000000228. The van der Waals surface area contributed by atoms with Crippen molar-refractivity contribution in [1.29, 1.82) is 0 Å². The smallest absolute Gasteiger partial charge is 0.0547 e. The van der Waals surface area contributed by atoms with Crippen molar-refractivity contribution in [2.75, 3.05) is 0 Å². The minimum Gasteiger partial charge on any atom is -0.349 e. The first-order valence-corrected chi connectivity index (χ1v) is 17.1. The minimum absolute atomic E-state index is 0. The number of hydrogen-bond acceptors (Lipinski definition) is 3. The molecule has 0 saturated carbocycles. The molecule has 0 aliphatic carbocycles. The van der Waals surface area contributed by atoms with E-state index in [-0.39, 0.29) is 25.5 Å². The van der Waals surface area contributed by atoms with E-state index >= 15 is 0 Å². The SMILES string of the molecule is CC(C)(C)c1cccc2c1sc1ccc3c4cccc5c6cc(-c7ccccn7)[c-]cc6n(c54)c3c12.[Ir].[c-]1ccccc1-c1ccccn1. The summed E-state index contributed by atoms with van der Waals surface area (Å²) in [6.45, 7) is 6.93. The monoisotopic (exact) mass is 826 g/mol. The third-order valence-electron chi connectivity index (χ3n) is 9.27. The molecule has 0 unspecified atom stereocenters. The van der Waals surface area contributed by atoms with Gasteiger partial charge in [0.25, 0.3) is 0 Å². The number of thiophene rings is 1. The summed E-state index contributed by atoms with van der Waals surface area (Å²) in [7, 11) is 0. The van der Waals surface area contributed by atoms with E-state index in [1.165, 1.54) is 63.8 Å². The van der Waals surface area contributed by atoms with Gasteiger partial charge in [0.2, 0.25) is 0 Å².